The van der Waals surface area contributed by atoms with Crippen LogP contribution in [-0.2, 0) is 20.5 Å². The summed E-state index contributed by atoms with van der Waals surface area (Å²) in [6, 6.07) is 7.60. The molecule has 1 heterocycles. The number of hydrogen-bond donors (Lipinski definition) is 1. The number of fused-ring (bicyclic) bond motifs is 1. The molecule has 2 aromatic rings. The van der Waals surface area contributed by atoms with Gasteiger partial charge >= 0.3 is 12.1 Å². The predicted octanol–water partition coefficient (Wildman–Crippen LogP) is 3.84. The molecule has 0 spiro atoms. The number of alkyl halides is 3. The quantitative estimate of drug-likeness (QED) is 0.513. The van der Waals surface area contributed by atoms with Crippen LogP contribution in [0.2, 0.25) is 5.02 Å². The maximum absolute atomic E-state index is 13.1. The van der Waals surface area contributed by atoms with Crippen molar-refractivity contribution in [1.29, 1.82) is 0 Å². The standard InChI is InChI=1S/C21H16ClF3N2O5/c1-11-2-4-13-14(8-11)20(31)27(19(13)30)7-6-18(29)32-10-17(28)26-16-5-3-12(22)9-15(16)21(23,24)25/h2-5,8-9H,6-7,10H2,1H3,(H,26,28). The van der Waals surface area contributed by atoms with Gasteiger partial charge in [0.1, 0.15) is 0 Å². The first-order valence-electron chi connectivity index (χ1n) is 9.26. The molecule has 0 saturated carbocycles. The molecule has 0 aliphatic carbocycles. The highest BCUT2D eigenvalue weighted by molar-refractivity contribution is 6.30. The van der Waals surface area contributed by atoms with Crippen molar-refractivity contribution in [3.05, 3.63) is 63.7 Å². The van der Waals surface area contributed by atoms with E-state index in [9.17, 15) is 32.3 Å². The van der Waals surface area contributed by atoms with Crippen molar-refractivity contribution in [2.24, 2.45) is 0 Å². The topological polar surface area (TPSA) is 92.8 Å². The van der Waals surface area contributed by atoms with Gasteiger partial charge < -0.3 is 10.1 Å². The van der Waals surface area contributed by atoms with E-state index >= 15 is 0 Å². The number of esters is 1. The third-order valence-electron chi connectivity index (χ3n) is 4.59. The van der Waals surface area contributed by atoms with Crippen molar-refractivity contribution >= 4 is 41.0 Å². The summed E-state index contributed by atoms with van der Waals surface area (Å²) in [6.45, 7) is 0.659. The Labute approximate surface area is 185 Å². The Morgan fingerprint density at radius 2 is 1.75 bits per heavy atom. The first-order chi connectivity index (χ1) is 15.0. The van der Waals surface area contributed by atoms with Crippen molar-refractivity contribution in [2.45, 2.75) is 19.5 Å². The third-order valence-corrected chi connectivity index (χ3v) is 4.83. The Morgan fingerprint density at radius 3 is 2.44 bits per heavy atom. The summed E-state index contributed by atoms with van der Waals surface area (Å²) in [4.78, 5) is 49.4. The number of rotatable bonds is 6. The number of amides is 3. The fourth-order valence-electron chi connectivity index (χ4n) is 3.08. The van der Waals surface area contributed by atoms with E-state index in [4.69, 9.17) is 16.3 Å². The molecular weight excluding hydrogens is 453 g/mol. The van der Waals surface area contributed by atoms with Crippen molar-refractivity contribution in [3.63, 3.8) is 0 Å². The van der Waals surface area contributed by atoms with Crippen LogP contribution in [0.4, 0.5) is 18.9 Å². The van der Waals surface area contributed by atoms with Gasteiger partial charge in [0.2, 0.25) is 0 Å². The molecule has 168 valence electrons. The third kappa shape index (κ3) is 5.08. The second-order valence-corrected chi connectivity index (χ2v) is 7.39. The van der Waals surface area contributed by atoms with E-state index in [2.05, 4.69) is 0 Å². The summed E-state index contributed by atoms with van der Waals surface area (Å²) in [5.41, 5.74) is -0.413. The minimum atomic E-state index is -4.75. The number of halogens is 4. The monoisotopic (exact) mass is 468 g/mol. The van der Waals surface area contributed by atoms with Crippen LogP contribution in [-0.4, -0.2) is 41.7 Å². The lowest BCUT2D eigenvalue weighted by molar-refractivity contribution is -0.147. The van der Waals surface area contributed by atoms with Crippen LogP contribution in [0.25, 0.3) is 0 Å². The van der Waals surface area contributed by atoms with Gasteiger partial charge in [-0.15, -0.1) is 0 Å². The second kappa shape index (κ2) is 8.99. The number of imide groups is 1. The molecule has 7 nitrogen and oxygen atoms in total. The summed E-state index contributed by atoms with van der Waals surface area (Å²) < 4.78 is 44.0. The van der Waals surface area contributed by atoms with Gasteiger partial charge in [-0.05, 0) is 37.3 Å². The molecule has 1 aliphatic heterocycles. The molecular formula is C21H16ClF3N2O5. The normalized spacial score (nSPS) is 13.2. The van der Waals surface area contributed by atoms with Crippen LogP contribution >= 0.6 is 11.6 Å². The molecule has 3 amide bonds. The SMILES string of the molecule is Cc1ccc2c(c1)C(=O)N(CCC(=O)OCC(=O)Nc1ccc(Cl)cc1C(F)(F)F)C2=O. The Bertz CT molecular complexity index is 1120. The van der Waals surface area contributed by atoms with Crippen molar-refractivity contribution in [3.8, 4) is 0 Å². The van der Waals surface area contributed by atoms with Gasteiger partial charge in [0.25, 0.3) is 17.7 Å². The molecule has 2 aromatic carbocycles. The zero-order valence-electron chi connectivity index (χ0n) is 16.6. The number of nitrogens with zero attached hydrogens (tertiary/aromatic N) is 1. The largest absolute Gasteiger partial charge is 0.456 e. The first-order valence-corrected chi connectivity index (χ1v) is 9.64. The van der Waals surface area contributed by atoms with E-state index in [-0.39, 0.29) is 29.1 Å². The highest BCUT2D eigenvalue weighted by Crippen LogP contribution is 2.36. The summed E-state index contributed by atoms with van der Waals surface area (Å²) >= 11 is 5.57. The highest BCUT2D eigenvalue weighted by Gasteiger charge is 2.36. The fourth-order valence-corrected chi connectivity index (χ4v) is 3.25. The molecule has 0 fully saturated rings. The summed E-state index contributed by atoms with van der Waals surface area (Å²) in [6.07, 6.45) is -5.14. The maximum atomic E-state index is 13.1. The average molecular weight is 469 g/mol. The minimum Gasteiger partial charge on any atom is -0.456 e. The molecule has 0 bridgehead atoms. The van der Waals surface area contributed by atoms with Crippen molar-refractivity contribution in [2.75, 3.05) is 18.5 Å². The molecule has 0 saturated heterocycles. The zero-order valence-corrected chi connectivity index (χ0v) is 17.3. The maximum Gasteiger partial charge on any atom is 0.418 e. The smallest absolute Gasteiger partial charge is 0.418 e. The molecule has 0 aromatic heterocycles. The molecule has 0 radical (unpaired) electrons. The number of carbonyl (C=O) groups excluding carboxylic acids is 4. The Balaban J connectivity index is 1.53. The van der Waals surface area contributed by atoms with Crippen LogP contribution < -0.4 is 5.32 Å². The predicted molar refractivity (Wildman–Crippen MR) is 107 cm³/mol. The van der Waals surface area contributed by atoms with Gasteiger partial charge in [-0.1, -0.05) is 23.2 Å². The van der Waals surface area contributed by atoms with Crippen LogP contribution in [0, 0.1) is 6.92 Å². The number of anilines is 1. The number of ether oxygens (including phenoxy) is 1. The number of carbonyl (C=O) groups is 4. The van der Waals surface area contributed by atoms with Gasteiger partial charge in [-0.3, -0.25) is 24.1 Å². The van der Waals surface area contributed by atoms with Crippen molar-refractivity contribution < 1.29 is 37.1 Å². The van der Waals surface area contributed by atoms with E-state index < -0.39 is 47.7 Å². The zero-order chi connectivity index (χ0) is 23.6. The lowest BCUT2D eigenvalue weighted by Crippen LogP contribution is -2.32. The average Bonchev–Trinajstić information content (AvgIpc) is 2.95. The lowest BCUT2D eigenvalue weighted by atomic mass is 10.1. The van der Waals surface area contributed by atoms with Gasteiger partial charge in [-0.2, -0.15) is 13.2 Å². The van der Waals surface area contributed by atoms with Gasteiger partial charge in [0, 0.05) is 11.6 Å². The van der Waals surface area contributed by atoms with E-state index in [0.29, 0.717) is 6.07 Å². The van der Waals surface area contributed by atoms with Crippen LogP contribution in [0.3, 0.4) is 0 Å². The lowest BCUT2D eigenvalue weighted by Gasteiger charge is -2.15. The van der Waals surface area contributed by atoms with E-state index in [1.54, 1.807) is 19.1 Å². The fraction of sp³-hybridized carbons (Fsp3) is 0.238. The van der Waals surface area contributed by atoms with Gasteiger partial charge in [0.15, 0.2) is 6.61 Å². The number of benzene rings is 2. The first kappa shape index (κ1) is 23.3. The molecule has 1 aliphatic rings. The number of hydrogen-bond acceptors (Lipinski definition) is 5. The molecule has 11 heteroatoms. The summed E-state index contributed by atoms with van der Waals surface area (Å²) in [7, 11) is 0. The van der Waals surface area contributed by atoms with E-state index in [0.717, 1.165) is 16.5 Å². The van der Waals surface area contributed by atoms with E-state index in [1.165, 1.54) is 12.1 Å². The van der Waals surface area contributed by atoms with Gasteiger partial charge in [0.05, 0.1) is 28.8 Å². The van der Waals surface area contributed by atoms with Gasteiger partial charge in [-0.25, -0.2) is 0 Å². The highest BCUT2D eigenvalue weighted by atomic mass is 35.5. The molecule has 0 atom stereocenters. The van der Waals surface area contributed by atoms with Crippen LogP contribution in [0.1, 0.15) is 38.3 Å². The number of aryl methyl sites for hydroxylation is 1. The molecule has 0 unspecified atom stereocenters. The van der Waals surface area contributed by atoms with Crippen LogP contribution in [0.15, 0.2) is 36.4 Å². The summed E-state index contributed by atoms with van der Waals surface area (Å²) in [5.74, 6) is -2.98. The van der Waals surface area contributed by atoms with E-state index in [1.807, 2.05) is 5.32 Å². The Kier molecular flexibility index (Phi) is 6.54. The molecule has 1 N–H and O–H groups in total. The van der Waals surface area contributed by atoms with Crippen LogP contribution in [0.5, 0.6) is 0 Å². The second-order valence-electron chi connectivity index (χ2n) is 6.96. The molecule has 3 rings (SSSR count). The number of nitrogens with one attached hydrogen (secondary N) is 1. The van der Waals surface area contributed by atoms with Crippen molar-refractivity contribution in [1.82, 2.24) is 4.90 Å². The minimum absolute atomic E-state index is 0.162. The Hall–Kier alpha value is -3.40. The Morgan fingerprint density at radius 1 is 1.06 bits per heavy atom. The summed E-state index contributed by atoms with van der Waals surface area (Å²) in [5, 5.41) is 1.85. The molecule has 32 heavy (non-hydrogen) atoms.